The zero-order valence-corrected chi connectivity index (χ0v) is 21.3. The number of carbonyl (C=O) groups excluding carboxylic acids is 1. The van der Waals surface area contributed by atoms with Crippen molar-refractivity contribution in [3.05, 3.63) is 95.3 Å². The van der Waals surface area contributed by atoms with E-state index in [4.69, 9.17) is 4.74 Å². The van der Waals surface area contributed by atoms with Crippen molar-refractivity contribution in [2.24, 2.45) is 0 Å². The Morgan fingerprint density at radius 1 is 0.947 bits per heavy atom. The topological polar surface area (TPSA) is 63.7 Å². The highest BCUT2D eigenvalue weighted by atomic mass is 32.2. The molecule has 3 aromatic carbocycles. The average molecular weight is 550 g/mol. The Bertz CT molecular complexity index is 1360. The molecular weight excluding hydrogens is 522 g/mol. The smallest absolute Gasteiger partial charge is 0.416 e. The summed E-state index contributed by atoms with van der Waals surface area (Å²) in [6.45, 7) is 0.308. The van der Waals surface area contributed by atoms with E-state index in [0.717, 1.165) is 36.2 Å². The summed E-state index contributed by atoms with van der Waals surface area (Å²) in [5.41, 5.74) is 0.667. The van der Waals surface area contributed by atoms with Gasteiger partial charge in [-0.3, -0.25) is 4.79 Å². The van der Waals surface area contributed by atoms with Gasteiger partial charge in [-0.05, 0) is 78.9 Å². The SMILES string of the molecule is O=C(CCc1cccc(OCc2ccc(C(F)(F)F)cc2)c1)[C@@H]1CCCCN1S(=O)(=O)c1ccc(F)cc1. The van der Waals surface area contributed by atoms with Gasteiger partial charge in [0.25, 0.3) is 0 Å². The van der Waals surface area contributed by atoms with Crippen LogP contribution in [0.15, 0.2) is 77.7 Å². The molecule has 1 saturated heterocycles. The maximum Gasteiger partial charge on any atom is 0.416 e. The summed E-state index contributed by atoms with van der Waals surface area (Å²) in [7, 11) is -3.94. The molecule has 1 aliphatic rings. The number of aryl methyl sites for hydroxylation is 1. The molecule has 0 aliphatic carbocycles. The van der Waals surface area contributed by atoms with Crippen molar-refractivity contribution in [2.75, 3.05) is 6.54 Å². The van der Waals surface area contributed by atoms with Crippen LogP contribution in [0.4, 0.5) is 17.6 Å². The van der Waals surface area contributed by atoms with Crippen LogP contribution < -0.4 is 4.74 Å². The highest BCUT2D eigenvalue weighted by Gasteiger charge is 2.37. The van der Waals surface area contributed by atoms with Gasteiger partial charge >= 0.3 is 6.18 Å². The first-order valence-corrected chi connectivity index (χ1v) is 13.7. The molecule has 1 heterocycles. The quantitative estimate of drug-likeness (QED) is 0.300. The van der Waals surface area contributed by atoms with Gasteiger partial charge in [0.1, 0.15) is 18.2 Å². The van der Waals surface area contributed by atoms with Crippen molar-refractivity contribution in [2.45, 2.75) is 55.8 Å². The van der Waals surface area contributed by atoms with Gasteiger partial charge in [0, 0.05) is 13.0 Å². The van der Waals surface area contributed by atoms with Crippen molar-refractivity contribution in [3.63, 3.8) is 0 Å². The highest BCUT2D eigenvalue weighted by Crippen LogP contribution is 2.30. The first-order valence-electron chi connectivity index (χ1n) is 12.2. The Hall–Kier alpha value is -3.24. The van der Waals surface area contributed by atoms with Crippen molar-refractivity contribution in [1.82, 2.24) is 4.31 Å². The molecule has 0 saturated carbocycles. The second-order valence-corrected chi connectivity index (χ2v) is 11.1. The summed E-state index contributed by atoms with van der Waals surface area (Å²) in [4.78, 5) is 13.1. The molecule has 0 spiro atoms. The number of carbonyl (C=O) groups is 1. The molecule has 1 atom stereocenters. The van der Waals surface area contributed by atoms with Crippen LogP contribution in [0.1, 0.15) is 42.4 Å². The van der Waals surface area contributed by atoms with Gasteiger partial charge in [0.15, 0.2) is 5.78 Å². The van der Waals surface area contributed by atoms with E-state index in [0.29, 0.717) is 30.6 Å². The van der Waals surface area contributed by atoms with E-state index in [1.165, 1.54) is 28.6 Å². The van der Waals surface area contributed by atoms with Gasteiger partial charge in [0.05, 0.1) is 16.5 Å². The van der Waals surface area contributed by atoms with E-state index < -0.39 is 33.6 Å². The zero-order chi connectivity index (χ0) is 27.3. The summed E-state index contributed by atoms with van der Waals surface area (Å²) in [5.74, 6) is -0.222. The van der Waals surface area contributed by atoms with Gasteiger partial charge < -0.3 is 4.74 Å². The number of alkyl halides is 3. The van der Waals surface area contributed by atoms with Gasteiger partial charge in [-0.25, -0.2) is 12.8 Å². The van der Waals surface area contributed by atoms with Gasteiger partial charge in [-0.15, -0.1) is 0 Å². The molecule has 0 amide bonds. The van der Waals surface area contributed by atoms with Crippen LogP contribution in [0.3, 0.4) is 0 Å². The standard InChI is InChI=1S/C28H27F4NO4S/c29-23-12-14-25(15-13-23)38(35,36)33-17-2-1-6-26(33)27(34)16-9-20-4-3-5-24(18-20)37-19-21-7-10-22(11-8-21)28(30,31)32/h3-5,7-8,10-15,18,26H,1-2,6,9,16-17,19H2/t26-/m0/s1. The minimum atomic E-state index is -4.40. The number of nitrogens with zero attached hydrogens (tertiary/aromatic N) is 1. The lowest BCUT2D eigenvalue weighted by atomic mass is 9.97. The number of benzene rings is 3. The van der Waals surface area contributed by atoms with Crippen LogP contribution in [-0.2, 0) is 34.0 Å². The average Bonchev–Trinajstić information content (AvgIpc) is 2.91. The summed E-state index contributed by atoms with van der Waals surface area (Å²) < 4.78 is 84.8. The van der Waals surface area contributed by atoms with Crippen LogP contribution in [-0.4, -0.2) is 31.1 Å². The van der Waals surface area contributed by atoms with Crippen LogP contribution in [0, 0.1) is 5.82 Å². The normalized spacial score (nSPS) is 16.8. The molecule has 5 nitrogen and oxygen atoms in total. The predicted molar refractivity (Wildman–Crippen MR) is 133 cm³/mol. The Kier molecular flexibility index (Phi) is 8.52. The lowest BCUT2D eigenvalue weighted by Crippen LogP contribution is -2.47. The van der Waals surface area contributed by atoms with E-state index in [1.54, 1.807) is 18.2 Å². The third kappa shape index (κ3) is 6.79. The summed E-state index contributed by atoms with van der Waals surface area (Å²) >= 11 is 0. The van der Waals surface area contributed by atoms with Crippen molar-refractivity contribution in [3.8, 4) is 5.75 Å². The minimum absolute atomic E-state index is 0.0449. The number of sulfonamides is 1. The molecule has 202 valence electrons. The van der Waals surface area contributed by atoms with Crippen molar-refractivity contribution < 1.29 is 35.5 Å². The molecule has 1 fully saturated rings. The Labute approximate surface area is 219 Å². The number of piperidine rings is 1. The second-order valence-electron chi connectivity index (χ2n) is 9.18. The molecule has 3 aromatic rings. The molecule has 10 heteroatoms. The zero-order valence-electron chi connectivity index (χ0n) is 20.5. The monoisotopic (exact) mass is 549 g/mol. The molecule has 1 aliphatic heterocycles. The van der Waals surface area contributed by atoms with E-state index in [-0.39, 0.29) is 30.3 Å². The fourth-order valence-electron chi connectivity index (χ4n) is 4.44. The largest absolute Gasteiger partial charge is 0.489 e. The van der Waals surface area contributed by atoms with Gasteiger partial charge in [0.2, 0.25) is 10.0 Å². The number of Topliss-reactive ketones (excluding diaryl/α,β-unsaturated/α-hetero) is 1. The molecule has 0 N–H and O–H groups in total. The number of ether oxygens (including phenoxy) is 1. The second kappa shape index (κ2) is 11.7. The third-order valence-corrected chi connectivity index (χ3v) is 8.41. The summed E-state index contributed by atoms with van der Waals surface area (Å²) in [6.07, 6.45) is -2.10. The molecule has 0 bridgehead atoms. The Morgan fingerprint density at radius 3 is 2.34 bits per heavy atom. The van der Waals surface area contributed by atoms with Crippen molar-refractivity contribution in [1.29, 1.82) is 0 Å². The maximum atomic E-state index is 13.3. The number of ketones is 1. The van der Waals surface area contributed by atoms with Crippen LogP contribution in [0.25, 0.3) is 0 Å². The maximum absolute atomic E-state index is 13.3. The lowest BCUT2D eigenvalue weighted by Gasteiger charge is -2.33. The molecule has 0 radical (unpaired) electrons. The van der Waals surface area contributed by atoms with Crippen molar-refractivity contribution >= 4 is 15.8 Å². The van der Waals surface area contributed by atoms with Crippen LogP contribution >= 0.6 is 0 Å². The fourth-order valence-corrected chi connectivity index (χ4v) is 6.12. The van der Waals surface area contributed by atoms with Crippen LogP contribution in [0.2, 0.25) is 0 Å². The first-order chi connectivity index (χ1) is 18.0. The number of hydrogen-bond acceptors (Lipinski definition) is 4. The third-order valence-electron chi connectivity index (χ3n) is 6.49. The van der Waals surface area contributed by atoms with E-state index in [2.05, 4.69) is 0 Å². The van der Waals surface area contributed by atoms with Gasteiger partial charge in [-0.2, -0.15) is 17.5 Å². The minimum Gasteiger partial charge on any atom is -0.489 e. The van der Waals surface area contributed by atoms with E-state index in [1.807, 2.05) is 6.07 Å². The Morgan fingerprint density at radius 2 is 1.66 bits per heavy atom. The van der Waals surface area contributed by atoms with E-state index in [9.17, 15) is 30.8 Å². The van der Waals surface area contributed by atoms with E-state index >= 15 is 0 Å². The molecule has 38 heavy (non-hydrogen) atoms. The molecule has 0 aromatic heterocycles. The number of rotatable bonds is 9. The van der Waals surface area contributed by atoms with Gasteiger partial charge in [-0.1, -0.05) is 30.7 Å². The summed E-state index contributed by atoms with van der Waals surface area (Å²) in [5, 5.41) is 0. The molecular formula is C28H27F4NO4S. The number of hydrogen-bond donors (Lipinski definition) is 0. The lowest BCUT2D eigenvalue weighted by molar-refractivity contribution is -0.137. The first kappa shape index (κ1) is 27.8. The predicted octanol–water partition coefficient (Wildman–Crippen LogP) is 6.17. The molecule has 0 unspecified atom stereocenters. The fraction of sp³-hybridized carbons (Fsp3) is 0.321. The molecule has 4 rings (SSSR count). The highest BCUT2D eigenvalue weighted by molar-refractivity contribution is 7.89. The summed E-state index contributed by atoms with van der Waals surface area (Å²) in [6, 6.07) is 15.6. The number of halogens is 4. The Balaban J connectivity index is 1.37. The van der Waals surface area contributed by atoms with Crippen LogP contribution in [0.5, 0.6) is 5.75 Å².